The second-order valence-electron chi connectivity index (χ2n) is 5.40. The molecule has 0 aromatic heterocycles. The molecule has 0 radical (unpaired) electrons. The molecular formula is C16H23N3O2. The minimum atomic E-state index is -0.436. The number of aldehydes is 1. The quantitative estimate of drug-likeness (QED) is 0.740. The Bertz CT molecular complexity index is 464. The number of carbonyl (C=O) groups excluding carboxylic acids is 2. The maximum absolute atomic E-state index is 12.5. The van der Waals surface area contributed by atoms with E-state index in [9.17, 15) is 9.59 Å². The summed E-state index contributed by atoms with van der Waals surface area (Å²) in [4.78, 5) is 25.1. The molecule has 1 saturated heterocycles. The zero-order valence-electron chi connectivity index (χ0n) is 12.2. The number of rotatable bonds is 6. The van der Waals surface area contributed by atoms with E-state index in [1.807, 2.05) is 23.1 Å². The molecule has 21 heavy (non-hydrogen) atoms. The van der Waals surface area contributed by atoms with E-state index in [1.54, 1.807) is 0 Å². The van der Waals surface area contributed by atoms with Crippen molar-refractivity contribution in [2.75, 3.05) is 19.6 Å². The fourth-order valence-corrected chi connectivity index (χ4v) is 2.66. The summed E-state index contributed by atoms with van der Waals surface area (Å²) in [5.41, 5.74) is 6.92. The molecule has 0 bridgehead atoms. The molecular weight excluding hydrogens is 266 g/mol. The van der Waals surface area contributed by atoms with Crippen molar-refractivity contribution < 1.29 is 9.59 Å². The normalized spacial score (nSPS) is 22.9. The standard InChI is InChI=1S/C16H23N3O2/c17-12-14-7-10-19(16(21)15(18-14)8-11-20)9-6-13-4-2-1-3-5-13/h1-5,11,14-15,18H,6-10,12,17H2/t14?,15-/m0/s1. The molecule has 0 aliphatic carbocycles. The maximum Gasteiger partial charge on any atom is 0.240 e. The van der Waals surface area contributed by atoms with Crippen LogP contribution in [0.4, 0.5) is 0 Å². The van der Waals surface area contributed by atoms with E-state index in [1.165, 1.54) is 5.56 Å². The Kier molecular flexibility index (Phi) is 5.90. The lowest BCUT2D eigenvalue weighted by Crippen LogP contribution is -2.48. The van der Waals surface area contributed by atoms with Gasteiger partial charge in [-0.25, -0.2) is 0 Å². The molecule has 1 unspecified atom stereocenters. The van der Waals surface area contributed by atoms with Crippen molar-refractivity contribution in [3.8, 4) is 0 Å². The van der Waals surface area contributed by atoms with Crippen LogP contribution in [0.3, 0.4) is 0 Å². The molecule has 114 valence electrons. The zero-order valence-corrected chi connectivity index (χ0v) is 12.2. The highest BCUT2D eigenvalue weighted by Gasteiger charge is 2.29. The van der Waals surface area contributed by atoms with Crippen LogP contribution in [0.5, 0.6) is 0 Å². The van der Waals surface area contributed by atoms with Crippen LogP contribution < -0.4 is 11.1 Å². The van der Waals surface area contributed by atoms with Gasteiger partial charge in [0.25, 0.3) is 0 Å². The SMILES string of the molecule is NCC1CCN(CCc2ccccc2)C(=O)[C@H](CC=O)N1. The third-order valence-corrected chi connectivity index (χ3v) is 3.92. The number of nitrogens with one attached hydrogen (secondary N) is 1. The number of amides is 1. The summed E-state index contributed by atoms with van der Waals surface area (Å²) >= 11 is 0. The van der Waals surface area contributed by atoms with Crippen LogP contribution in [0.15, 0.2) is 30.3 Å². The first kappa shape index (κ1) is 15.7. The zero-order chi connectivity index (χ0) is 15.1. The van der Waals surface area contributed by atoms with Gasteiger partial charge in [0.1, 0.15) is 6.29 Å². The van der Waals surface area contributed by atoms with Crippen molar-refractivity contribution in [1.29, 1.82) is 0 Å². The monoisotopic (exact) mass is 289 g/mol. The van der Waals surface area contributed by atoms with Crippen LogP contribution in [-0.2, 0) is 16.0 Å². The van der Waals surface area contributed by atoms with Crippen molar-refractivity contribution in [2.24, 2.45) is 5.73 Å². The highest BCUT2D eigenvalue weighted by Crippen LogP contribution is 2.10. The van der Waals surface area contributed by atoms with Gasteiger partial charge in [-0.2, -0.15) is 0 Å². The van der Waals surface area contributed by atoms with Crippen LogP contribution in [0.25, 0.3) is 0 Å². The Morgan fingerprint density at radius 2 is 2.10 bits per heavy atom. The Labute approximate surface area is 125 Å². The summed E-state index contributed by atoms with van der Waals surface area (Å²) in [6.45, 7) is 1.85. The predicted octanol–water partition coefficient (Wildman–Crippen LogP) is 0.336. The lowest BCUT2D eigenvalue weighted by molar-refractivity contribution is -0.133. The molecule has 2 rings (SSSR count). The molecule has 1 aliphatic rings. The molecule has 5 heteroatoms. The van der Waals surface area contributed by atoms with E-state index >= 15 is 0 Å². The average molecular weight is 289 g/mol. The molecule has 1 aromatic carbocycles. The Morgan fingerprint density at radius 1 is 1.33 bits per heavy atom. The number of benzene rings is 1. The average Bonchev–Trinajstić information content (AvgIpc) is 2.67. The number of hydrogen-bond donors (Lipinski definition) is 2. The van der Waals surface area contributed by atoms with Crippen LogP contribution in [0, 0.1) is 0 Å². The van der Waals surface area contributed by atoms with Gasteiger partial charge in [-0.05, 0) is 18.4 Å². The predicted molar refractivity (Wildman–Crippen MR) is 81.8 cm³/mol. The summed E-state index contributed by atoms with van der Waals surface area (Å²) in [5.74, 6) is 0.00832. The molecule has 1 aromatic rings. The molecule has 1 fully saturated rings. The smallest absolute Gasteiger partial charge is 0.240 e. The number of nitrogens with zero attached hydrogens (tertiary/aromatic N) is 1. The van der Waals surface area contributed by atoms with Gasteiger partial charge in [-0.1, -0.05) is 30.3 Å². The van der Waals surface area contributed by atoms with Crippen LogP contribution >= 0.6 is 0 Å². The van der Waals surface area contributed by atoms with Crippen molar-refractivity contribution in [3.63, 3.8) is 0 Å². The van der Waals surface area contributed by atoms with Crippen molar-refractivity contribution in [2.45, 2.75) is 31.3 Å². The number of nitrogens with two attached hydrogens (primary N) is 1. The van der Waals surface area contributed by atoms with Gasteiger partial charge in [0.2, 0.25) is 5.91 Å². The van der Waals surface area contributed by atoms with E-state index in [0.29, 0.717) is 19.6 Å². The van der Waals surface area contributed by atoms with Crippen LogP contribution in [-0.4, -0.2) is 48.8 Å². The van der Waals surface area contributed by atoms with E-state index < -0.39 is 6.04 Å². The van der Waals surface area contributed by atoms with Gasteiger partial charge < -0.3 is 20.7 Å². The first-order valence-electron chi connectivity index (χ1n) is 7.47. The molecule has 2 atom stereocenters. The number of hydrogen-bond acceptors (Lipinski definition) is 4. The molecule has 1 aliphatic heterocycles. The number of carbonyl (C=O) groups is 2. The summed E-state index contributed by atoms with van der Waals surface area (Å²) < 4.78 is 0. The fraction of sp³-hybridized carbons (Fsp3) is 0.500. The summed E-state index contributed by atoms with van der Waals surface area (Å²) in [5, 5.41) is 3.20. The minimum Gasteiger partial charge on any atom is -0.341 e. The molecule has 5 nitrogen and oxygen atoms in total. The summed E-state index contributed by atoms with van der Waals surface area (Å²) in [6, 6.07) is 9.77. The largest absolute Gasteiger partial charge is 0.341 e. The van der Waals surface area contributed by atoms with Crippen molar-refractivity contribution >= 4 is 12.2 Å². The van der Waals surface area contributed by atoms with Gasteiger partial charge in [0, 0.05) is 32.1 Å². The summed E-state index contributed by atoms with van der Waals surface area (Å²) in [6.07, 6.45) is 2.65. The van der Waals surface area contributed by atoms with Crippen molar-refractivity contribution in [1.82, 2.24) is 10.2 Å². The lowest BCUT2D eigenvalue weighted by atomic mass is 10.1. The van der Waals surface area contributed by atoms with Crippen LogP contribution in [0.2, 0.25) is 0 Å². The molecule has 1 heterocycles. The van der Waals surface area contributed by atoms with E-state index in [2.05, 4.69) is 17.4 Å². The summed E-state index contributed by atoms with van der Waals surface area (Å²) in [7, 11) is 0. The van der Waals surface area contributed by atoms with Gasteiger partial charge in [-0.3, -0.25) is 4.79 Å². The van der Waals surface area contributed by atoms with Gasteiger partial charge in [0.15, 0.2) is 0 Å². The Morgan fingerprint density at radius 3 is 2.76 bits per heavy atom. The Hall–Kier alpha value is -1.72. The lowest BCUT2D eigenvalue weighted by Gasteiger charge is -2.23. The first-order valence-corrected chi connectivity index (χ1v) is 7.47. The highest BCUT2D eigenvalue weighted by atomic mass is 16.2. The second-order valence-corrected chi connectivity index (χ2v) is 5.40. The fourth-order valence-electron chi connectivity index (χ4n) is 2.66. The maximum atomic E-state index is 12.5. The Balaban J connectivity index is 1.99. The van der Waals surface area contributed by atoms with Gasteiger partial charge in [-0.15, -0.1) is 0 Å². The topological polar surface area (TPSA) is 75.4 Å². The van der Waals surface area contributed by atoms with E-state index in [-0.39, 0.29) is 18.4 Å². The third kappa shape index (κ3) is 4.37. The van der Waals surface area contributed by atoms with Crippen LogP contribution in [0.1, 0.15) is 18.4 Å². The van der Waals surface area contributed by atoms with Gasteiger partial charge >= 0.3 is 0 Å². The molecule has 3 N–H and O–H groups in total. The third-order valence-electron chi connectivity index (χ3n) is 3.92. The minimum absolute atomic E-state index is 0.00832. The second kappa shape index (κ2) is 7.90. The highest BCUT2D eigenvalue weighted by molar-refractivity contribution is 5.84. The first-order chi connectivity index (χ1) is 10.2. The molecule has 1 amide bonds. The molecule has 0 spiro atoms. The van der Waals surface area contributed by atoms with E-state index in [4.69, 9.17) is 5.73 Å². The van der Waals surface area contributed by atoms with Crippen molar-refractivity contribution in [3.05, 3.63) is 35.9 Å². The van der Waals surface area contributed by atoms with Gasteiger partial charge in [0.05, 0.1) is 6.04 Å². The molecule has 0 saturated carbocycles. The van der Waals surface area contributed by atoms with E-state index in [0.717, 1.165) is 19.1 Å².